The zero-order valence-electron chi connectivity index (χ0n) is 15.1. The average Bonchev–Trinajstić information content (AvgIpc) is 3.38. The molecule has 1 fully saturated rings. The fourth-order valence-corrected chi connectivity index (χ4v) is 2.86. The van der Waals surface area contributed by atoms with Gasteiger partial charge in [0, 0.05) is 0 Å². The van der Waals surface area contributed by atoms with Crippen LogP contribution in [0, 0.1) is 5.92 Å². The van der Waals surface area contributed by atoms with Crippen molar-refractivity contribution in [2.75, 3.05) is 10.6 Å². The molecule has 2 N–H and O–H groups in total. The van der Waals surface area contributed by atoms with Crippen molar-refractivity contribution in [2.24, 2.45) is 5.92 Å². The molecule has 132 valence electrons. The molecule has 1 aliphatic carbocycles. The van der Waals surface area contributed by atoms with E-state index in [1.54, 1.807) is 0 Å². The monoisotopic (exact) mass is 338 g/mol. The molecule has 0 aromatic heterocycles. The van der Waals surface area contributed by atoms with Crippen molar-refractivity contribution in [1.82, 2.24) is 0 Å². The minimum Gasteiger partial charge on any atom is -0.444 e. The van der Waals surface area contributed by atoms with Gasteiger partial charge < -0.3 is 10.1 Å². The molecule has 1 atom stereocenters. The van der Waals surface area contributed by atoms with Gasteiger partial charge in [0.2, 0.25) is 0 Å². The fraction of sp³-hybridized carbons (Fsp3) is 0.381. The molecule has 25 heavy (non-hydrogen) atoms. The van der Waals surface area contributed by atoms with E-state index in [1.165, 1.54) is 18.4 Å². The molecule has 3 rings (SSSR count). The van der Waals surface area contributed by atoms with Crippen molar-refractivity contribution in [2.45, 2.75) is 45.3 Å². The Morgan fingerprint density at radius 3 is 2.20 bits per heavy atom. The predicted octanol–water partition coefficient (Wildman–Crippen LogP) is 5.60. The normalized spacial score (nSPS) is 15.3. The van der Waals surface area contributed by atoms with Crippen molar-refractivity contribution in [3.05, 3.63) is 60.2 Å². The standard InChI is InChI=1S/C21H26N2O2/c1-21(2,3)25-20(24)23-18-12-8-7-11-17(18)22-19(16-13-14-16)15-9-5-4-6-10-15/h4-12,16,19,22H,13-14H2,1-3H3,(H,23,24). The summed E-state index contributed by atoms with van der Waals surface area (Å²) < 4.78 is 5.37. The summed E-state index contributed by atoms with van der Waals surface area (Å²) >= 11 is 0. The van der Waals surface area contributed by atoms with Gasteiger partial charge in [0.15, 0.2) is 0 Å². The van der Waals surface area contributed by atoms with Gasteiger partial charge in [0.1, 0.15) is 5.60 Å². The molecule has 1 amide bonds. The van der Waals surface area contributed by atoms with E-state index in [4.69, 9.17) is 4.74 Å². The second-order valence-electron chi connectivity index (χ2n) is 7.54. The molecule has 0 radical (unpaired) electrons. The Labute approximate surface area is 149 Å². The van der Waals surface area contributed by atoms with Crippen LogP contribution in [0.3, 0.4) is 0 Å². The first kappa shape index (κ1) is 17.3. The number of benzene rings is 2. The SMILES string of the molecule is CC(C)(C)OC(=O)Nc1ccccc1NC(c1ccccc1)C1CC1. The van der Waals surface area contributed by atoms with Crippen LogP contribution in [0.4, 0.5) is 16.2 Å². The topological polar surface area (TPSA) is 50.4 Å². The van der Waals surface area contributed by atoms with Crippen molar-refractivity contribution in [3.63, 3.8) is 0 Å². The highest BCUT2D eigenvalue weighted by molar-refractivity contribution is 5.89. The lowest BCUT2D eigenvalue weighted by Gasteiger charge is -2.23. The fourth-order valence-electron chi connectivity index (χ4n) is 2.86. The number of nitrogens with one attached hydrogen (secondary N) is 2. The highest BCUT2D eigenvalue weighted by Gasteiger charge is 2.32. The maximum atomic E-state index is 12.1. The molecular weight excluding hydrogens is 312 g/mol. The molecule has 1 saturated carbocycles. The Bertz CT molecular complexity index is 718. The van der Waals surface area contributed by atoms with Crippen LogP contribution >= 0.6 is 0 Å². The highest BCUT2D eigenvalue weighted by Crippen LogP contribution is 2.43. The summed E-state index contributed by atoms with van der Waals surface area (Å²) in [6.07, 6.45) is 2.02. The van der Waals surface area contributed by atoms with Crippen LogP contribution in [0.15, 0.2) is 54.6 Å². The van der Waals surface area contributed by atoms with E-state index in [-0.39, 0.29) is 6.04 Å². The third-order valence-corrected chi connectivity index (χ3v) is 4.13. The molecule has 4 nitrogen and oxygen atoms in total. The van der Waals surface area contributed by atoms with E-state index >= 15 is 0 Å². The summed E-state index contributed by atoms with van der Waals surface area (Å²) in [6.45, 7) is 5.57. The average molecular weight is 338 g/mol. The Hall–Kier alpha value is -2.49. The summed E-state index contributed by atoms with van der Waals surface area (Å²) in [5.74, 6) is 0.636. The summed E-state index contributed by atoms with van der Waals surface area (Å²) in [7, 11) is 0. The summed E-state index contributed by atoms with van der Waals surface area (Å²) in [4.78, 5) is 12.1. The maximum absolute atomic E-state index is 12.1. The Kier molecular flexibility index (Phi) is 4.98. The van der Waals surface area contributed by atoms with Gasteiger partial charge in [-0.1, -0.05) is 42.5 Å². The predicted molar refractivity (Wildman–Crippen MR) is 102 cm³/mol. The van der Waals surface area contributed by atoms with E-state index in [2.05, 4.69) is 34.9 Å². The van der Waals surface area contributed by atoms with Crippen molar-refractivity contribution in [3.8, 4) is 0 Å². The number of hydrogen-bond acceptors (Lipinski definition) is 3. The molecule has 1 aliphatic rings. The van der Waals surface area contributed by atoms with Gasteiger partial charge in [-0.15, -0.1) is 0 Å². The van der Waals surface area contributed by atoms with Gasteiger partial charge in [0.25, 0.3) is 0 Å². The quantitative estimate of drug-likeness (QED) is 0.746. The number of carbonyl (C=O) groups excluding carboxylic acids is 1. The van der Waals surface area contributed by atoms with E-state index in [0.717, 1.165) is 11.4 Å². The van der Waals surface area contributed by atoms with Crippen LogP contribution in [0.2, 0.25) is 0 Å². The van der Waals surface area contributed by atoms with Crippen LogP contribution in [0.25, 0.3) is 0 Å². The number of amides is 1. The Morgan fingerprint density at radius 2 is 1.60 bits per heavy atom. The third kappa shape index (κ3) is 4.99. The molecule has 0 bridgehead atoms. The molecule has 1 unspecified atom stereocenters. The lowest BCUT2D eigenvalue weighted by Crippen LogP contribution is -2.27. The molecule has 0 spiro atoms. The first-order chi connectivity index (χ1) is 11.9. The molecule has 0 aliphatic heterocycles. The smallest absolute Gasteiger partial charge is 0.412 e. The lowest BCUT2D eigenvalue weighted by molar-refractivity contribution is 0.0636. The highest BCUT2D eigenvalue weighted by atomic mass is 16.6. The number of rotatable bonds is 5. The molecule has 0 saturated heterocycles. The molecule has 2 aromatic carbocycles. The number of anilines is 2. The lowest BCUT2D eigenvalue weighted by atomic mass is 10.0. The number of hydrogen-bond donors (Lipinski definition) is 2. The summed E-state index contributed by atoms with van der Waals surface area (Å²) in [5, 5.41) is 6.48. The first-order valence-electron chi connectivity index (χ1n) is 8.83. The molecule has 0 heterocycles. The zero-order chi connectivity index (χ0) is 17.9. The number of para-hydroxylation sites is 2. The van der Waals surface area contributed by atoms with Gasteiger partial charge in [-0.25, -0.2) is 4.79 Å². The van der Waals surface area contributed by atoms with Crippen molar-refractivity contribution < 1.29 is 9.53 Å². The number of ether oxygens (including phenoxy) is 1. The van der Waals surface area contributed by atoms with Crippen LogP contribution in [0.5, 0.6) is 0 Å². The minimum atomic E-state index is -0.521. The Balaban J connectivity index is 1.77. The Morgan fingerprint density at radius 1 is 1.00 bits per heavy atom. The van der Waals surface area contributed by atoms with Crippen molar-refractivity contribution in [1.29, 1.82) is 0 Å². The summed E-state index contributed by atoms with van der Waals surface area (Å²) in [6, 6.07) is 18.5. The molecular formula is C21H26N2O2. The van der Waals surface area contributed by atoms with Gasteiger partial charge in [-0.05, 0) is 57.2 Å². The van der Waals surface area contributed by atoms with E-state index in [0.29, 0.717) is 5.92 Å². The van der Waals surface area contributed by atoms with Gasteiger partial charge in [0.05, 0.1) is 17.4 Å². The third-order valence-electron chi connectivity index (χ3n) is 4.13. The van der Waals surface area contributed by atoms with Gasteiger partial charge in [-0.2, -0.15) is 0 Å². The zero-order valence-corrected chi connectivity index (χ0v) is 15.1. The minimum absolute atomic E-state index is 0.253. The maximum Gasteiger partial charge on any atom is 0.412 e. The van der Waals surface area contributed by atoms with Crippen molar-refractivity contribution >= 4 is 17.5 Å². The first-order valence-corrected chi connectivity index (χ1v) is 8.83. The van der Waals surface area contributed by atoms with Gasteiger partial charge in [-0.3, -0.25) is 5.32 Å². The molecule has 4 heteroatoms. The number of carbonyl (C=O) groups is 1. The summed E-state index contributed by atoms with van der Waals surface area (Å²) in [5.41, 5.74) is 2.40. The van der Waals surface area contributed by atoms with E-state index < -0.39 is 11.7 Å². The van der Waals surface area contributed by atoms with Crippen LogP contribution in [-0.4, -0.2) is 11.7 Å². The van der Waals surface area contributed by atoms with Crippen LogP contribution in [0.1, 0.15) is 45.2 Å². The van der Waals surface area contributed by atoms with E-state index in [9.17, 15) is 4.79 Å². The second kappa shape index (κ2) is 7.18. The van der Waals surface area contributed by atoms with Gasteiger partial charge >= 0.3 is 6.09 Å². The van der Waals surface area contributed by atoms with Crippen LogP contribution < -0.4 is 10.6 Å². The van der Waals surface area contributed by atoms with Crippen LogP contribution in [-0.2, 0) is 4.74 Å². The largest absolute Gasteiger partial charge is 0.444 e. The van der Waals surface area contributed by atoms with E-state index in [1.807, 2.05) is 51.1 Å². The molecule has 2 aromatic rings. The second-order valence-corrected chi connectivity index (χ2v) is 7.54.